The van der Waals surface area contributed by atoms with Gasteiger partial charge in [-0.15, -0.1) is 0 Å². The molecule has 1 fully saturated rings. The van der Waals surface area contributed by atoms with Gasteiger partial charge in [-0.25, -0.2) is 4.79 Å². The van der Waals surface area contributed by atoms with Crippen molar-refractivity contribution >= 4 is 29.1 Å². The molecule has 0 aromatic heterocycles. The Balaban J connectivity index is 1.85. The molecule has 190 valence electrons. The Hall–Kier alpha value is -4.39. The number of ketones is 1. The van der Waals surface area contributed by atoms with E-state index < -0.39 is 23.7 Å². The minimum Gasteiger partial charge on any atom is -0.507 e. The lowest BCUT2D eigenvalue weighted by Crippen LogP contribution is -2.29. The molecule has 0 bridgehead atoms. The number of rotatable bonds is 7. The van der Waals surface area contributed by atoms with Crippen LogP contribution in [0.25, 0.3) is 5.76 Å². The number of esters is 1. The molecule has 0 saturated carbocycles. The van der Waals surface area contributed by atoms with Gasteiger partial charge in [0.05, 0.1) is 30.9 Å². The first-order valence-electron chi connectivity index (χ1n) is 12.1. The standard InChI is InChI=1S/C30H29NO6/c1-5-37-30(35)22-10-14-23(15-11-22)31-26(20-8-6-19(7-9-20)18(2)3)25(28(33)29(31)34)27(32)21-12-16-24(36-4)17-13-21/h6-18,26,32H,5H2,1-4H3/t26-/m0/s1. The molecule has 3 aromatic rings. The van der Waals surface area contributed by atoms with Gasteiger partial charge in [0.15, 0.2) is 0 Å². The highest BCUT2D eigenvalue weighted by atomic mass is 16.5. The molecule has 1 aliphatic rings. The molecule has 7 nitrogen and oxygen atoms in total. The van der Waals surface area contributed by atoms with Crippen molar-refractivity contribution in [3.63, 3.8) is 0 Å². The average Bonchev–Trinajstić information content (AvgIpc) is 3.18. The van der Waals surface area contributed by atoms with E-state index in [0.29, 0.717) is 34.0 Å². The van der Waals surface area contributed by atoms with Gasteiger partial charge in [-0.05, 0) is 72.5 Å². The number of ether oxygens (including phenoxy) is 2. The van der Waals surface area contributed by atoms with E-state index >= 15 is 0 Å². The van der Waals surface area contributed by atoms with Gasteiger partial charge in [0.25, 0.3) is 11.7 Å². The monoisotopic (exact) mass is 499 g/mol. The van der Waals surface area contributed by atoms with E-state index in [1.165, 1.54) is 12.0 Å². The van der Waals surface area contributed by atoms with E-state index in [1.807, 2.05) is 24.3 Å². The van der Waals surface area contributed by atoms with Gasteiger partial charge in [-0.1, -0.05) is 38.1 Å². The lowest BCUT2D eigenvalue weighted by molar-refractivity contribution is -0.132. The number of hydrogen-bond donors (Lipinski definition) is 1. The fraction of sp³-hybridized carbons (Fsp3) is 0.233. The maximum atomic E-state index is 13.4. The maximum Gasteiger partial charge on any atom is 0.338 e. The third-order valence-electron chi connectivity index (χ3n) is 6.38. The van der Waals surface area contributed by atoms with Crippen LogP contribution >= 0.6 is 0 Å². The number of benzene rings is 3. The van der Waals surface area contributed by atoms with Crippen molar-refractivity contribution in [1.82, 2.24) is 0 Å². The number of carbonyl (C=O) groups excluding carboxylic acids is 3. The second-order valence-corrected chi connectivity index (χ2v) is 8.99. The number of methoxy groups -OCH3 is 1. The van der Waals surface area contributed by atoms with Crippen molar-refractivity contribution in [2.75, 3.05) is 18.6 Å². The van der Waals surface area contributed by atoms with Crippen LogP contribution in [0.3, 0.4) is 0 Å². The Morgan fingerprint density at radius 3 is 2.05 bits per heavy atom. The molecular weight excluding hydrogens is 470 g/mol. The van der Waals surface area contributed by atoms with E-state index in [0.717, 1.165) is 5.56 Å². The lowest BCUT2D eigenvalue weighted by Gasteiger charge is -2.26. The Kier molecular flexibility index (Phi) is 7.43. The van der Waals surface area contributed by atoms with Crippen molar-refractivity contribution in [3.8, 4) is 5.75 Å². The number of aliphatic hydroxyl groups is 1. The normalized spacial score (nSPS) is 16.8. The van der Waals surface area contributed by atoms with Crippen molar-refractivity contribution < 1.29 is 29.0 Å². The number of nitrogens with zero attached hydrogens (tertiary/aromatic N) is 1. The molecule has 1 N–H and O–H groups in total. The summed E-state index contributed by atoms with van der Waals surface area (Å²) in [5.74, 6) is -1.41. The summed E-state index contributed by atoms with van der Waals surface area (Å²) >= 11 is 0. The predicted octanol–water partition coefficient (Wildman–Crippen LogP) is 5.62. The molecule has 0 radical (unpaired) electrons. The van der Waals surface area contributed by atoms with Crippen molar-refractivity contribution in [2.45, 2.75) is 32.7 Å². The minimum atomic E-state index is -0.864. The molecule has 0 spiro atoms. The summed E-state index contributed by atoms with van der Waals surface area (Å²) in [6, 6.07) is 19.7. The Labute approximate surface area is 215 Å². The fourth-order valence-electron chi connectivity index (χ4n) is 4.35. The Morgan fingerprint density at radius 2 is 1.51 bits per heavy atom. The van der Waals surface area contributed by atoms with Crippen molar-refractivity contribution in [2.24, 2.45) is 0 Å². The van der Waals surface area contributed by atoms with Crippen LogP contribution < -0.4 is 9.64 Å². The molecule has 37 heavy (non-hydrogen) atoms. The molecule has 1 atom stereocenters. The molecule has 4 rings (SSSR count). The number of hydrogen-bond acceptors (Lipinski definition) is 6. The van der Waals surface area contributed by atoms with Crippen molar-refractivity contribution in [1.29, 1.82) is 0 Å². The van der Waals surface area contributed by atoms with Gasteiger partial charge < -0.3 is 14.6 Å². The van der Waals surface area contributed by atoms with Crippen LogP contribution in [0.15, 0.2) is 78.4 Å². The van der Waals surface area contributed by atoms with Gasteiger partial charge in [0, 0.05) is 11.3 Å². The molecule has 7 heteroatoms. The summed E-state index contributed by atoms with van der Waals surface area (Å²) in [4.78, 5) is 40.2. The van der Waals surface area contributed by atoms with Crippen LogP contribution in [0.5, 0.6) is 5.75 Å². The lowest BCUT2D eigenvalue weighted by atomic mass is 9.93. The average molecular weight is 500 g/mol. The zero-order valence-electron chi connectivity index (χ0n) is 21.2. The van der Waals surface area contributed by atoms with Gasteiger partial charge in [0.2, 0.25) is 0 Å². The number of carbonyl (C=O) groups is 3. The topological polar surface area (TPSA) is 93.1 Å². The van der Waals surface area contributed by atoms with E-state index in [9.17, 15) is 19.5 Å². The molecule has 0 aliphatic carbocycles. The van der Waals surface area contributed by atoms with Crippen LogP contribution in [-0.2, 0) is 14.3 Å². The molecule has 0 unspecified atom stereocenters. The summed E-state index contributed by atoms with van der Waals surface area (Å²) in [5.41, 5.74) is 2.91. The van der Waals surface area contributed by atoms with E-state index in [-0.39, 0.29) is 17.9 Å². The number of Topliss-reactive ketones (excluding diaryl/α,β-unsaturated/α-hetero) is 1. The van der Waals surface area contributed by atoms with Crippen molar-refractivity contribution in [3.05, 3.63) is 101 Å². The van der Waals surface area contributed by atoms with Crippen LogP contribution in [0.4, 0.5) is 5.69 Å². The highest BCUT2D eigenvalue weighted by Crippen LogP contribution is 2.42. The largest absolute Gasteiger partial charge is 0.507 e. The number of aliphatic hydroxyl groups excluding tert-OH is 1. The zero-order valence-corrected chi connectivity index (χ0v) is 21.2. The summed E-state index contributed by atoms with van der Waals surface area (Å²) in [5, 5.41) is 11.3. The van der Waals surface area contributed by atoms with Gasteiger partial charge >= 0.3 is 5.97 Å². The molecule has 1 aliphatic heterocycles. The summed E-state index contributed by atoms with van der Waals surface area (Å²) in [7, 11) is 1.54. The second kappa shape index (κ2) is 10.7. The van der Waals surface area contributed by atoms with Crippen LogP contribution in [0.2, 0.25) is 0 Å². The number of amides is 1. The summed E-state index contributed by atoms with van der Waals surface area (Å²) in [6.07, 6.45) is 0. The zero-order chi connectivity index (χ0) is 26.7. The Morgan fingerprint density at radius 1 is 0.919 bits per heavy atom. The summed E-state index contributed by atoms with van der Waals surface area (Å²) in [6.45, 7) is 6.12. The van der Waals surface area contributed by atoms with Crippen LogP contribution in [0.1, 0.15) is 59.8 Å². The molecule has 3 aromatic carbocycles. The van der Waals surface area contributed by atoms with Gasteiger partial charge in [-0.3, -0.25) is 14.5 Å². The molecule has 1 saturated heterocycles. The molecule has 1 amide bonds. The first-order chi connectivity index (χ1) is 17.8. The first-order valence-corrected chi connectivity index (χ1v) is 12.1. The number of anilines is 1. The third kappa shape index (κ3) is 4.98. The smallest absolute Gasteiger partial charge is 0.338 e. The van der Waals surface area contributed by atoms with Crippen LogP contribution in [0, 0.1) is 0 Å². The SMILES string of the molecule is CCOC(=O)c1ccc(N2C(=O)C(=O)C(=C(O)c3ccc(OC)cc3)[C@@H]2c2ccc(C(C)C)cc2)cc1. The van der Waals surface area contributed by atoms with Gasteiger partial charge in [0.1, 0.15) is 11.5 Å². The third-order valence-corrected chi connectivity index (χ3v) is 6.38. The minimum absolute atomic E-state index is 0.0121. The summed E-state index contributed by atoms with van der Waals surface area (Å²) < 4.78 is 10.2. The highest BCUT2D eigenvalue weighted by molar-refractivity contribution is 6.51. The second-order valence-electron chi connectivity index (χ2n) is 8.99. The van der Waals surface area contributed by atoms with Crippen LogP contribution in [-0.4, -0.2) is 36.5 Å². The van der Waals surface area contributed by atoms with E-state index in [4.69, 9.17) is 9.47 Å². The molecule has 1 heterocycles. The maximum absolute atomic E-state index is 13.4. The highest BCUT2D eigenvalue weighted by Gasteiger charge is 2.47. The van der Waals surface area contributed by atoms with E-state index in [1.54, 1.807) is 55.5 Å². The Bertz CT molecular complexity index is 1340. The quantitative estimate of drug-likeness (QED) is 0.196. The predicted molar refractivity (Wildman–Crippen MR) is 141 cm³/mol. The fourth-order valence-corrected chi connectivity index (χ4v) is 4.35. The molecular formula is C30H29NO6. The first kappa shape index (κ1) is 25.7. The van der Waals surface area contributed by atoms with Gasteiger partial charge in [-0.2, -0.15) is 0 Å². The van der Waals surface area contributed by atoms with E-state index in [2.05, 4.69) is 13.8 Å².